The number of rotatable bonds is 1. The highest BCUT2D eigenvalue weighted by molar-refractivity contribution is 6.45. The van der Waals surface area contributed by atoms with Crippen molar-refractivity contribution in [3.05, 3.63) is 23.2 Å². The van der Waals surface area contributed by atoms with Gasteiger partial charge in [-0.25, -0.2) is 0 Å². The van der Waals surface area contributed by atoms with Crippen LogP contribution in [0, 0.1) is 0 Å². The summed E-state index contributed by atoms with van der Waals surface area (Å²) >= 11 is 6.08. The van der Waals surface area contributed by atoms with Gasteiger partial charge in [-0.3, -0.25) is 0 Å². The summed E-state index contributed by atoms with van der Waals surface area (Å²) in [5.41, 5.74) is 2.33. The van der Waals surface area contributed by atoms with Gasteiger partial charge in [0.2, 0.25) is 0 Å². The van der Waals surface area contributed by atoms with E-state index in [1.807, 2.05) is 13.9 Å². The van der Waals surface area contributed by atoms with Crippen molar-refractivity contribution < 1.29 is 4.74 Å². The zero-order valence-electron chi connectivity index (χ0n) is 8.29. The van der Waals surface area contributed by atoms with Gasteiger partial charge in [0.05, 0.1) is 13.2 Å². The van der Waals surface area contributed by atoms with Crippen molar-refractivity contribution in [1.82, 2.24) is 0 Å². The van der Waals surface area contributed by atoms with E-state index in [0.717, 1.165) is 36.8 Å². The highest BCUT2D eigenvalue weighted by Gasteiger charge is 2.11. The average molecular weight is 209 g/mol. The fourth-order valence-electron chi connectivity index (χ4n) is 1.60. The van der Waals surface area contributed by atoms with Gasteiger partial charge < -0.3 is 9.64 Å². The van der Waals surface area contributed by atoms with Gasteiger partial charge in [0, 0.05) is 23.8 Å². The molecule has 0 unspecified atom stereocenters. The fraction of sp³-hybridized carbons (Fsp3) is 0.400. The summed E-state index contributed by atoms with van der Waals surface area (Å²) in [6.07, 6.45) is 0. The molecule has 4 heteroatoms. The van der Waals surface area contributed by atoms with Crippen molar-refractivity contribution in [3.63, 3.8) is 0 Å². The molecule has 1 heterocycles. The van der Waals surface area contributed by atoms with Gasteiger partial charge in [0.1, 0.15) is 7.85 Å². The molecule has 0 spiro atoms. The standard InChI is InChI=1S/C10H13BClNO/c11-9-2-1-8(7-10(9)12)13-3-5-14-6-4-13/h1-2,7H,3-6,11H2. The van der Waals surface area contributed by atoms with Crippen LogP contribution >= 0.6 is 11.6 Å². The summed E-state index contributed by atoms with van der Waals surface area (Å²) in [5, 5.41) is 0.842. The van der Waals surface area contributed by atoms with Crippen LogP contribution in [0.3, 0.4) is 0 Å². The Hall–Kier alpha value is -0.665. The van der Waals surface area contributed by atoms with E-state index in [2.05, 4.69) is 17.0 Å². The summed E-state index contributed by atoms with van der Waals surface area (Å²) in [6.45, 7) is 3.54. The average Bonchev–Trinajstić information content (AvgIpc) is 2.23. The van der Waals surface area contributed by atoms with Gasteiger partial charge in [-0.05, 0) is 12.1 Å². The third-order valence-electron chi connectivity index (χ3n) is 2.53. The van der Waals surface area contributed by atoms with Crippen molar-refractivity contribution in [2.45, 2.75) is 0 Å². The SMILES string of the molecule is Bc1ccc(N2CCOCC2)cc1Cl. The first-order valence-electron chi connectivity index (χ1n) is 4.86. The van der Waals surface area contributed by atoms with Crippen LogP contribution in [-0.2, 0) is 4.74 Å². The molecule has 74 valence electrons. The lowest BCUT2D eigenvalue weighted by atomic mass is 9.96. The summed E-state index contributed by atoms with van der Waals surface area (Å²) < 4.78 is 5.30. The normalized spacial score (nSPS) is 17.1. The van der Waals surface area contributed by atoms with E-state index in [9.17, 15) is 0 Å². The van der Waals surface area contributed by atoms with Crippen LogP contribution in [0.5, 0.6) is 0 Å². The van der Waals surface area contributed by atoms with Crippen LogP contribution in [0.2, 0.25) is 5.02 Å². The Bertz CT molecular complexity index is 326. The first-order valence-corrected chi connectivity index (χ1v) is 5.24. The Morgan fingerprint density at radius 3 is 2.64 bits per heavy atom. The summed E-state index contributed by atoms with van der Waals surface area (Å²) in [5.74, 6) is 0. The lowest BCUT2D eigenvalue weighted by Gasteiger charge is -2.29. The molecule has 0 atom stereocenters. The smallest absolute Gasteiger partial charge is 0.141 e. The molecular formula is C10H13BClNO. The molecule has 1 saturated heterocycles. The van der Waals surface area contributed by atoms with Crippen LogP contribution in [0.25, 0.3) is 0 Å². The predicted molar refractivity (Wildman–Crippen MR) is 62.7 cm³/mol. The molecule has 0 aliphatic carbocycles. The van der Waals surface area contributed by atoms with Crippen LogP contribution in [-0.4, -0.2) is 34.1 Å². The highest BCUT2D eigenvalue weighted by Crippen LogP contribution is 2.18. The molecular weight excluding hydrogens is 196 g/mol. The number of ether oxygens (including phenoxy) is 1. The van der Waals surface area contributed by atoms with Gasteiger partial charge in [-0.15, -0.1) is 0 Å². The van der Waals surface area contributed by atoms with E-state index in [0.29, 0.717) is 0 Å². The molecule has 1 aliphatic rings. The number of anilines is 1. The number of hydrogen-bond donors (Lipinski definition) is 0. The van der Waals surface area contributed by atoms with Gasteiger partial charge in [-0.1, -0.05) is 23.1 Å². The third-order valence-corrected chi connectivity index (χ3v) is 2.94. The molecule has 2 rings (SSSR count). The summed E-state index contributed by atoms with van der Waals surface area (Å²) in [7, 11) is 2.02. The minimum atomic E-state index is 0.811. The Kier molecular flexibility index (Phi) is 2.99. The maximum absolute atomic E-state index is 6.08. The summed E-state index contributed by atoms with van der Waals surface area (Å²) in [4.78, 5) is 2.30. The molecule has 1 aromatic rings. The Labute approximate surface area is 90.2 Å². The van der Waals surface area contributed by atoms with E-state index in [1.165, 1.54) is 5.69 Å². The topological polar surface area (TPSA) is 12.5 Å². The van der Waals surface area contributed by atoms with Gasteiger partial charge in [0.25, 0.3) is 0 Å². The second-order valence-electron chi connectivity index (χ2n) is 3.53. The third kappa shape index (κ3) is 2.04. The predicted octanol–water partition coefficient (Wildman–Crippen LogP) is 0.435. The molecule has 14 heavy (non-hydrogen) atoms. The molecule has 0 bridgehead atoms. The fourth-order valence-corrected chi connectivity index (χ4v) is 1.77. The molecule has 0 N–H and O–H groups in total. The lowest BCUT2D eigenvalue weighted by Crippen LogP contribution is -2.36. The van der Waals surface area contributed by atoms with E-state index in [1.54, 1.807) is 0 Å². The van der Waals surface area contributed by atoms with E-state index < -0.39 is 0 Å². The molecule has 0 radical (unpaired) electrons. The van der Waals surface area contributed by atoms with Crippen LogP contribution in [0.1, 0.15) is 0 Å². The first kappa shape index (κ1) is 9.87. The van der Waals surface area contributed by atoms with E-state index in [-0.39, 0.29) is 0 Å². The molecule has 1 fully saturated rings. The van der Waals surface area contributed by atoms with Crippen molar-refractivity contribution in [2.75, 3.05) is 31.2 Å². The quantitative estimate of drug-likeness (QED) is 0.622. The highest BCUT2D eigenvalue weighted by atomic mass is 35.5. The monoisotopic (exact) mass is 209 g/mol. The first-order chi connectivity index (χ1) is 6.77. The van der Waals surface area contributed by atoms with Gasteiger partial charge in [0.15, 0.2) is 0 Å². The van der Waals surface area contributed by atoms with Crippen LogP contribution in [0.4, 0.5) is 5.69 Å². The Morgan fingerprint density at radius 2 is 2.00 bits per heavy atom. The van der Waals surface area contributed by atoms with E-state index >= 15 is 0 Å². The number of nitrogens with zero attached hydrogens (tertiary/aromatic N) is 1. The molecule has 1 aromatic carbocycles. The molecule has 0 amide bonds. The van der Waals surface area contributed by atoms with Crippen molar-refractivity contribution in [3.8, 4) is 0 Å². The van der Waals surface area contributed by atoms with Gasteiger partial charge in [-0.2, -0.15) is 0 Å². The maximum atomic E-state index is 6.08. The number of morpholine rings is 1. The maximum Gasteiger partial charge on any atom is 0.141 e. The molecule has 2 nitrogen and oxygen atoms in total. The zero-order valence-corrected chi connectivity index (χ0v) is 9.05. The lowest BCUT2D eigenvalue weighted by molar-refractivity contribution is 0.122. The van der Waals surface area contributed by atoms with E-state index in [4.69, 9.17) is 16.3 Å². The number of hydrogen-bond acceptors (Lipinski definition) is 2. The second-order valence-corrected chi connectivity index (χ2v) is 3.94. The largest absolute Gasteiger partial charge is 0.378 e. The van der Waals surface area contributed by atoms with Crippen LogP contribution < -0.4 is 10.4 Å². The molecule has 1 aliphatic heterocycles. The molecule has 0 saturated carbocycles. The van der Waals surface area contributed by atoms with Crippen LogP contribution in [0.15, 0.2) is 18.2 Å². The minimum Gasteiger partial charge on any atom is -0.378 e. The van der Waals surface area contributed by atoms with Crippen molar-refractivity contribution in [1.29, 1.82) is 0 Å². The van der Waals surface area contributed by atoms with Crippen molar-refractivity contribution >= 4 is 30.6 Å². The number of halogens is 1. The number of benzene rings is 1. The minimum absolute atomic E-state index is 0.811. The zero-order chi connectivity index (χ0) is 9.97. The van der Waals surface area contributed by atoms with Gasteiger partial charge >= 0.3 is 0 Å². The van der Waals surface area contributed by atoms with Crippen molar-refractivity contribution in [2.24, 2.45) is 0 Å². The summed E-state index contributed by atoms with van der Waals surface area (Å²) in [6, 6.07) is 6.21. The molecule has 0 aromatic heterocycles. The Morgan fingerprint density at radius 1 is 1.29 bits per heavy atom. The Balaban J connectivity index is 2.18. The second kappa shape index (κ2) is 4.24.